The Morgan fingerprint density at radius 3 is 2.78 bits per heavy atom. The molecule has 5 rings (SSSR count). The van der Waals surface area contributed by atoms with Gasteiger partial charge in [0.1, 0.15) is 6.04 Å². The monoisotopic (exact) mass is 437 g/mol. The first-order chi connectivity index (χ1) is 15.5. The standard InChI is InChI=1S/C21H23N7O4/c29-18-4-3-17(20(31)23-18)27-10-13-9-15(1-2-16(13)21(27)32)28-11-14(24-25-28)5-7-26-8-6-22-19(30)12-26/h1-2,9,11,17H,3-8,10,12H2,(H,22,30)(H,23,29,31). The molecule has 1 unspecified atom stereocenters. The lowest BCUT2D eigenvalue weighted by atomic mass is 10.0. The smallest absolute Gasteiger partial charge is 0.255 e. The summed E-state index contributed by atoms with van der Waals surface area (Å²) in [6, 6.07) is 4.79. The second-order valence-electron chi connectivity index (χ2n) is 8.27. The molecule has 1 aromatic carbocycles. The second-order valence-corrected chi connectivity index (χ2v) is 8.27. The molecule has 4 amide bonds. The highest BCUT2D eigenvalue weighted by Crippen LogP contribution is 2.29. The van der Waals surface area contributed by atoms with E-state index in [0.717, 1.165) is 30.0 Å². The maximum atomic E-state index is 12.8. The molecule has 4 heterocycles. The molecule has 3 aliphatic rings. The normalized spacial score (nSPS) is 21.5. The van der Waals surface area contributed by atoms with Crippen LogP contribution in [0.5, 0.6) is 0 Å². The van der Waals surface area contributed by atoms with Gasteiger partial charge in [-0.1, -0.05) is 5.21 Å². The van der Waals surface area contributed by atoms with Crippen molar-refractivity contribution in [2.75, 3.05) is 26.2 Å². The molecule has 0 bridgehead atoms. The summed E-state index contributed by atoms with van der Waals surface area (Å²) in [5.41, 5.74) is 2.96. The summed E-state index contributed by atoms with van der Waals surface area (Å²) in [6.45, 7) is 2.92. The fourth-order valence-corrected chi connectivity index (χ4v) is 4.40. The Morgan fingerprint density at radius 1 is 1.09 bits per heavy atom. The Hall–Kier alpha value is -3.60. The summed E-state index contributed by atoms with van der Waals surface area (Å²) >= 11 is 0. The number of amides is 4. The summed E-state index contributed by atoms with van der Waals surface area (Å²) < 4.78 is 1.66. The van der Waals surface area contributed by atoms with Gasteiger partial charge in [-0.15, -0.1) is 5.10 Å². The van der Waals surface area contributed by atoms with Crippen LogP contribution in [0.25, 0.3) is 5.69 Å². The molecule has 3 aliphatic heterocycles. The first kappa shape index (κ1) is 20.3. The predicted molar refractivity (Wildman–Crippen MR) is 111 cm³/mol. The Balaban J connectivity index is 1.27. The zero-order valence-electron chi connectivity index (χ0n) is 17.4. The summed E-state index contributed by atoms with van der Waals surface area (Å²) in [5.74, 6) is -0.886. The third-order valence-corrected chi connectivity index (χ3v) is 6.11. The van der Waals surface area contributed by atoms with Gasteiger partial charge in [-0.2, -0.15) is 0 Å². The number of fused-ring (bicyclic) bond motifs is 1. The van der Waals surface area contributed by atoms with Crippen LogP contribution in [0.15, 0.2) is 24.4 Å². The van der Waals surface area contributed by atoms with Gasteiger partial charge in [-0.25, -0.2) is 4.68 Å². The summed E-state index contributed by atoms with van der Waals surface area (Å²) in [6.07, 6.45) is 3.09. The lowest BCUT2D eigenvalue weighted by Crippen LogP contribution is -2.52. The molecule has 0 aliphatic carbocycles. The van der Waals surface area contributed by atoms with Gasteiger partial charge in [0, 0.05) is 44.6 Å². The van der Waals surface area contributed by atoms with E-state index in [1.807, 2.05) is 12.3 Å². The average molecular weight is 437 g/mol. The van der Waals surface area contributed by atoms with Crippen molar-refractivity contribution in [3.05, 3.63) is 41.2 Å². The van der Waals surface area contributed by atoms with Gasteiger partial charge in [0.15, 0.2) is 0 Å². The van der Waals surface area contributed by atoms with Gasteiger partial charge < -0.3 is 10.2 Å². The largest absolute Gasteiger partial charge is 0.354 e. The minimum atomic E-state index is -0.633. The quantitative estimate of drug-likeness (QED) is 0.574. The summed E-state index contributed by atoms with van der Waals surface area (Å²) in [4.78, 5) is 51.6. The highest BCUT2D eigenvalue weighted by atomic mass is 16.2. The van der Waals surface area contributed by atoms with Gasteiger partial charge in [-0.05, 0) is 30.2 Å². The molecule has 1 atom stereocenters. The van der Waals surface area contributed by atoms with E-state index in [2.05, 4.69) is 25.8 Å². The highest BCUT2D eigenvalue weighted by Gasteiger charge is 2.39. The van der Waals surface area contributed by atoms with E-state index >= 15 is 0 Å². The highest BCUT2D eigenvalue weighted by molar-refractivity contribution is 6.05. The van der Waals surface area contributed by atoms with Crippen molar-refractivity contribution in [1.82, 2.24) is 35.4 Å². The molecule has 2 aromatic rings. The van der Waals surface area contributed by atoms with Crippen molar-refractivity contribution in [3.63, 3.8) is 0 Å². The number of piperazine rings is 1. The number of aromatic nitrogens is 3. The van der Waals surface area contributed by atoms with E-state index in [9.17, 15) is 19.2 Å². The van der Waals surface area contributed by atoms with Gasteiger partial charge in [0.2, 0.25) is 17.7 Å². The summed E-state index contributed by atoms with van der Waals surface area (Å²) in [7, 11) is 0. The zero-order chi connectivity index (χ0) is 22.2. The van der Waals surface area contributed by atoms with Crippen molar-refractivity contribution in [1.29, 1.82) is 0 Å². The van der Waals surface area contributed by atoms with Crippen LogP contribution in [0.2, 0.25) is 0 Å². The fraction of sp³-hybridized carbons (Fsp3) is 0.429. The number of carbonyl (C=O) groups is 4. The molecular formula is C21H23N7O4. The molecule has 166 valence electrons. The van der Waals surface area contributed by atoms with Gasteiger partial charge >= 0.3 is 0 Å². The number of benzene rings is 1. The maximum Gasteiger partial charge on any atom is 0.255 e. The average Bonchev–Trinajstić information content (AvgIpc) is 3.37. The summed E-state index contributed by atoms with van der Waals surface area (Å²) in [5, 5.41) is 13.6. The molecule has 0 radical (unpaired) electrons. The van der Waals surface area contributed by atoms with E-state index in [1.165, 1.54) is 4.90 Å². The topological polar surface area (TPSA) is 130 Å². The van der Waals surface area contributed by atoms with Gasteiger partial charge in [0.05, 0.1) is 24.1 Å². The predicted octanol–water partition coefficient (Wildman–Crippen LogP) is -0.997. The lowest BCUT2D eigenvalue weighted by molar-refractivity contribution is -0.137. The zero-order valence-corrected chi connectivity index (χ0v) is 17.4. The van der Waals surface area contributed by atoms with E-state index in [1.54, 1.807) is 16.8 Å². The number of rotatable bonds is 5. The van der Waals surface area contributed by atoms with Crippen molar-refractivity contribution in [3.8, 4) is 5.69 Å². The fourth-order valence-electron chi connectivity index (χ4n) is 4.40. The van der Waals surface area contributed by atoms with Crippen LogP contribution in [0.1, 0.15) is 34.5 Å². The van der Waals surface area contributed by atoms with Crippen LogP contribution in [-0.4, -0.2) is 80.6 Å². The van der Waals surface area contributed by atoms with Crippen LogP contribution < -0.4 is 10.6 Å². The lowest BCUT2D eigenvalue weighted by Gasteiger charge is -2.29. The van der Waals surface area contributed by atoms with Gasteiger partial charge in [-0.3, -0.25) is 29.4 Å². The molecule has 1 aromatic heterocycles. The molecule has 2 saturated heterocycles. The minimum absolute atomic E-state index is 0.0407. The number of imide groups is 1. The van der Waals surface area contributed by atoms with Crippen molar-refractivity contribution < 1.29 is 19.2 Å². The number of hydrogen-bond acceptors (Lipinski definition) is 7. The SMILES string of the molecule is O=C1CN(CCc2cn(-c3ccc4c(c3)CN(C3CCC(=O)NC3=O)C4=O)nn2)CCN1. The first-order valence-electron chi connectivity index (χ1n) is 10.7. The first-order valence-corrected chi connectivity index (χ1v) is 10.7. The van der Waals surface area contributed by atoms with Crippen LogP contribution in [0.3, 0.4) is 0 Å². The Bertz CT molecular complexity index is 1110. The van der Waals surface area contributed by atoms with Crippen LogP contribution >= 0.6 is 0 Å². The Morgan fingerprint density at radius 2 is 1.97 bits per heavy atom. The van der Waals surface area contributed by atoms with Crippen molar-refractivity contribution in [2.45, 2.75) is 31.8 Å². The van der Waals surface area contributed by atoms with Gasteiger partial charge in [0.25, 0.3) is 5.91 Å². The molecule has 0 spiro atoms. The number of carbonyl (C=O) groups excluding carboxylic acids is 4. The van der Waals surface area contributed by atoms with Crippen molar-refractivity contribution >= 4 is 23.6 Å². The number of nitrogens with zero attached hydrogens (tertiary/aromatic N) is 5. The Labute approximate surface area is 183 Å². The number of piperidine rings is 1. The molecule has 11 nitrogen and oxygen atoms in total. The Kier molecular flexibility index (Phi) is 5.17. The van der Waals surface area contributed by atoms with E-state index in [-0.39, 0.29) is 24.1 Å². The van der Waals surface area contributed by atoms with E-state index < -0.39 is 11.9 Å². The molecule has 2 fully saturated rings. The second kappa shape index (κ2) is 8.15. The number of nitrogens with one attached hydrogen (secondary N) is 2. The van der Waals surface area contributed by atoms with Crippen LogP contribution in [0, 0.1) is 0 Å². The third-order valence-electron chi connectivity index (χ3n) is 6.11. The molecule has 32 heavy (non-hydrogen) atoms. The molecular weight excluding hydrogens is 414 g/mol. The van der Waals surface area contributed by atoms with Crippen LogP contribution in [0.4, 0.5) is 0 Å². The molecule has 11 heteroatoms. The number of hydrogen-bond donors (Lipinski definition) is 2. The molecule has 2 N–H and O–H groups in total. The van der Waals surface area contributed by atoms with Crippen LogP contribution in [-0.2, 0) is 27.3 Å². The third kappa shape index (κ3) is 3.86. The van der Waals surface area contributed by atoms with Crippen molar-refractivity contribution in [2.24, 2.45) is 0 Å². The van der Waals surface area contributed by atoms with E-state index in [4.69, 9.17) is 0 Å². The molecule has 0 saturated carbocycles. The minimum Gasteiger partial charge on any atom is -0.354 e. The maximum absolute atomic E-state index is 12.8. The van der Waals surface area contributed by atoms with E-state index in [0.29, 0.717) is 38.0 Å².